The number of ether oxygens (including phenoxy) is 2. The Morgan fingerprint density at radius 2 is 2.57 bits per heavy atom. The normalized spacial score (nSPS) is 25.1. The zero-order chi connectivity index (χ0) is 10.0. The summed E-state index contributed by atoms with van der Waals surface area (Å²) in [6.45, 7) is 5.25. The maximum absolute atomic E-state index is 5.64. The Labute approximate surface area is 87.3 Å². The maximum atomic E-state index is 5.64. The Kier molecular flexibility index (Phi) is 2.71. The molecule has 1 aliphatic heterocycles. The van der Waals surface area contributed by atoms with E-state index in [4.69, 9.17) is 9.47 Å². The molecule has 1 aromatic heterocycles. The quantitative estimate of drug-likeness (QED) is 0.831. The van der Waals surface area contributed by atoms with Gasteiger partial charge >= 0.3 is 0 Å². The zero-order valence-corrected chi connectivity index (χ0v) is 9.13. The molecule has 4 nitrogen and oxygen atoms in total. The minimum absolute atomic E-state index is 0.119. The van der Waals surface area contributed by atoms with E-state index >= 15 is 0 Å². The number of rotatable bonds is 3. The molecule has 78 valence electrons. The van der Waals surface area contributed by atoms with Crippen molar-refractivity contribution in [1.82, 2.24) is 4.98 Å². The molecule has 1 unspecified atom stereocenters. The van der Waals surface area contributed by atoms with E-state index in [-0.39, 0.29) is 6.10 Å². The topological polar surface area (TPSA) is 43.4 Å². The van der Waals surface area contributed by atoms with Gasteiger partial charge in [0.15, 0.2) is 10.9 Å². The van der Waals surface area contributed by atoms with E-state index in [0.717, 1.165) is 11.7 Å². The molecule has 0 spiro atoms. The average Bonchev–Trinajstić information content (AvgIpc) is 2.70. The van der Waals surface area contributed by atoms with Gasteiger partial charge in [0.05, 0.1) is 6.61 Å². The molecule has 5 heteroatoms. The lowest BCUT2D eigenvalue weighted by atomic mass is 10.4. The van der Waals surface area contributed by atoms with Gasteiger partial charge in [0.1, 0.15) is 6.10 Å². The van der Waals surface area contributed by atoms with Crippen LogP contribution in [0.4, 0.5) is 5.13 Å². The van der Waals surface area contributed by atoms with Crippen molar-refractivity contribution in [2.75, 3.05) is 18.5 Å². The summed E-state index contributed by atoms with van der Waals surface area (Å²) in [7, 11) is 0. The molecular formula is C9H14N2O2S. The molecular weight excluding hydrogens is 200 g/mol. The highest BCUT2D eigenvalue weighted by Crippen LogP contribution is 2.22. The molecule has 0 radical (unpaired) electrons. The van der Waals surface area contributed by atoms with Crippen molar-refractivity contribution in [1.29, 1.82) is 0 Å². The first kappa shape index (κ1) is 9.89. The summed E-state index contributed by atoms with van der Waals surface area (Å²) < 4.78 is 11.1. The Hall–Kier alpha value is -0.650. The van der Waals surface area contributed by atoms with Crippen molar-refractivity contribution in [3.05, 3.63) is 11.6 Å². The predicted molar refractivity (Wildman–Crippen MR) is 55.5 cm³/mol. The number of nitrogens with one attached hydrogen (secondary N) is 1. The molecule has 0 amide bonds. The highest BCUT2D eigenvalue weighted by Gasteiger charge is 2.32. The van der Waals surface area contributed by atoms with Crippen LogP contribution in [0.25, 0.3) is 0 Å². The smallest absolute Gasteiger partial charge is 0.182 e. The lowest BCUT2D eigenvalue weighted by molar-refractivity contribution is -0.136. The predicted octanol–water partition coefficient (Wildman–Crippen LogP) is 1.71. The zero-order valence-electron chi connectivity index (χ0n) is 8.32. The minimum atomic E-state index is -0.435. The molecule has 0 aromatic carbocycles. The van der Waals surface area contributed by atoms with E-state index in [1.807, 2.05) is 19.2 Å². The highest BCUT2D eigenvalue weighted by molar-refractivity contribution is 7.13. The van der Waals surface area contributed by atoms with Gasteiger partial charge in [-0.1, -0.05) is 0 Å². The molecule has 0 bridgehead atoms. The molecule has 1 aliphatic rings. The van der Waals surface area contributed by atoms with Gasteiger partial charge in [0, 0.05) is 18.1 Å². The minimum Gasteiger partial charge on any atom is -0.359 e. The number of thiazole rings is 1. The summed E-state index contributed by atoms with van der Waals surface area (Å²) in [5.41, 5.74) is 0. The van der Waals surface area contributed by atoms with Crippen LogP contribution in [0, 0.1) is 0 Å². The van der Waals surface area contributed by atoms with Crippen LogP contribution in [0.2, 0.25) is 0 Å². The van der Waals surface area contributed by atoms with Crippen molar-refractivity contribution >= 4 is 16.5 Å². The number of aromatic nitrogens is 1. The van der Waals surface area contributed by atoms with Crippen LogP contribution >= 0.6 is 11.3 Å². The van der Waals surface area contributed by atoms with Crippen LogP contribution < -0.4 is 5.32 Å². The molecule has 1 aromatic rings. The molecule has 0 aliphatic carbocycles. The van der Waals surface area contributed by atoms with Crippen molar-refractivity contribution in [2.24, 2.45) is 0 Å². The highest BCUT2D eigenvalue weighted by atomic mass is 32.1. The second-order valence-corrected chi connectivity index (χ2v) is 4.56. The van der Waals surface area contributed by atoms with E-state index in [9.17, 15) is 0 Å². The molecule has 14 heavy (non-hydrogen) atoms. The van der Waals surface area contributed by atoms with Gasteiger partial charge in [-0.2, -0.15) is 0 Å². The van der Waals surface area contributed by atoms with Gasteiger partial charge in [-0.05, 0) is 13.8 Å². The van der Waals surface area contributed by atoms with Gasteiger partial charge in [-0.25, -0.2) is 4.98 Å². The number of hydrogen-bond acceptors (Lipinski definition) is 5. The van der Waals surface area contributed by atoms with Crippen LogP contribution in [0.1, 0.15) is 13.8 Å². The number of hydrogen-bond donors (Lipinski definition) is 1. The van der Waals surface area contributed by atoms with Crippen molar-refractivity contribution in [2.45, 2.75) is 25.7 Å². The van der Waals surface area contributed by atoms with Crippen molar-refractivity contribution in [3.8, 4) is 0 Å². The van der Waals surface area contributed by atoms with Gasteiger partial charge in [-0.3, -0.25) is 0 Å². The molecule has 1 fully saturated rings. The lowest BCUT2D eigenvalue weighted by Crippen LogP contribution is -2.25. The molecule has 1 saturated heterocycles. The molecule has 0 saturated carbocycles. The van der Waals surface area contributed by atoms with E-state index in [1.54, 1.807) is 17.5 Å². The first-order valence-corrected chi connectivity index (χ1v) is 5.49. The average molecular weight is 214 g/mol. The Bertz CT molecular complexity index is 287. The van der Waals surface area contributed by atoms with Crippen LogP contribution in [-0.4, -0.2) is 30.0 Å². The number of anilines is 1. The molecule has 2 rings (SSSR count). The summed E-state index contributed by atoms with van der Waals surface area (Å²) in [5.74, 6) is -0.435. The first-order chi connectivity index (χ1) is 6.66. The third kappa shape index (κ3) is 2.43. The van der Waals surface area contributed by atoms with Crippen molar-refractivity contribution < 1.29 is 9.47 Å². The second kappa shape index (κ2) is 3.84. The fraction of sp³-hybridized carbons (Fsp3) is 0.667. The van der Waals surface area contributed by atoms with Crippen LogP contribution in [0.3, 0.4) is 0 Å². The maximum Gasteiger partial charge on any atom is 0.182 e. The van der Waals surface area contributed by atoms with Gasteiger partial charge in [-0.15, -0.1) is 11.3 Å². The summed E-state index contributed by atoms with van der Waals surface area (Å²) in [6.07, 6.45) is 1.90. The fourth-order valence-corrected chi connectivity index (χ4v) is 1.91. The summed E-state index contributed by atoms with van der Waals surface area (Å²) in [6, 6.07) is 0. The van der Waals surface area contributed by atoms with E-state index in [1.165, 1.54) is 0 Å². The lowest BCUT2D eigenvalue weighted by Gasteiger charge is -2.17. The van der Waals surface area contributed by atoms with Crippen LogP contribution in [-0.2, 0) is 9.47 Å². The molecule has 2 heterocycles. The Balaban J connectivity index is 1.78. The third-order valence-corrected chi connectivity index (χ3v) is 2.71. The van der Waals surface area contributed by atoms with Gasteiger partial charge < -0.3 is 14.8 Å². The Morgan fingerprint density at radius 3 is 3.14 bits per heavy atom. The summed E-state index contributed by atoms with van der Waals surface area (Å²) in [4.78, 5) is 4.12. The molecule has 1 atom stereocenters. The van der Waals surface area contributed by atoms with Crippen LogP contribution in [0.15, 0.2) is 11.6 Å². The Morgan fingerprint density at radius 1 is 1.71 bits per heavy atom. The monoisotopic (exact) mass is 214 g/mol. The van der Waals surface area contributed by atoms with E-state index in [2.05, 4.69) is 10.3 Å². The van der Waals surface area contributed by atoms with Crippen LogP contribution in [0.5, 0.6) is 0 Å². The largest absolute Gasteiger partial charge is 0.359 e. The first-order valence-electron chi connectivity index (χ1n) is 4.61. The molecule has 1 N–H and O–H groups in total. The van der Waals surface area contributed by atoms with E-state index < -0.39 is 5.79 Å². The van der Waals surface area contributed by atoms with Crippen molar-refractivity contribution in [3.63, 3.8) is 0 Å². The number of nitrogens with zero attached hydrogens (tertiary/aromatic N) is 1. The van der Waals surface area contributed by atoms with Gasteiger partial charge in [0.25, 0.3) is 0 Å². The summed E-state index contributed by atoms with van der Waals surface area (Å²) in [5, 5.41) is 6.08. The standard InChI is InChI=1S/C9H14N2O2S/c1-9(2)12-6-7(13-9)5-11-8-10-3-4-14-8/h3-4,7H,5-6H2,1-2H3,(H,10,11). The second-order valence-electron chi connectivity index (χ2n) is 3.67. The fourth-order valence-electron chi connectivity index (χ4n) is 1.38. The van der Waals surface area contributed by atoms with E-state index in [0.29, 0.717) is 6.61 Å². The third-order valence-electron chi connectivity index (χ3n) is 1.98. The van der Waals surface area contributed by atoms with Gasteiger partial charge in [0.2, 0.25) is 0 Å². The summed E-state index contributed by atoms with van der Waals surface area (Å²) >= 11 is 1.59. The SMILES string of the molecule is CC1(C)OCC(CNc2nccs2)O1.